The van der Waals surface area contributed by atoms with Gasteiger partial charge in [-0.2, -0.15) is 0 Å². The first-order valence-corrected chi connectivity index (χ1v) is 7.78. The summed E-state index contributed by atoms with van der Waals surface area (Å²) in [4.78, 5) is 12.2. The quantitative estimate of drug-likeness (QED) is 0.728. The van der Waals surface area contributed by atoms with Gasteiger partial charge in [0.05, 0.1) is 12.1 Å². The summed E-state index contributed by atoms with van der Waals surface area (Å²) >= 11 is 0. The first-order chi connectivity index (χ1) is 9.08. The van der Waals surface area contributed by atoms with Gasteiger partial charge >= 0.3 is 0 Å². The molecule has 2 aliphatic rings. The molecule has 110 valence electrons. The summed E-state index contributed by atoms with van der Waals surface area (Å²) in [5, 5.41) is 12.7. The van der Waals surface area contributed by atoms with E-state index in [9.17, 15) is 9.90 Å². The van der Waals surface area contributed by atoms with Crippen LogP contribution in [0.3, 0.4) is 0 Å². The molecule has 0 unspecified atom stereocenters. The van der Waals surface area contributed by atoms with Crippen LogP contribution in [0.15, 0.2) is 0 Å². The molecule has 4 heteroatoms. The Bertz CT molecular complexity index is 305. The lowest BCUT2D eigenvalue weighted by molar-refractivity contribution is -0.125. The molecule has 0 radical (unpaired) electrons. The molecule has 0 aliphatic heterocycles. The lowest BCUT2D eigenvalue weighted by Gasteiger charge is -2.38. The Morgan fingerprint density at radius 1 is 1.00 bits per heavy atom. The van der Waals surface area contributed by atoms with Crippen molar-refractivity contribution in [2.24, 2.45) is 5.73 Å². The van der Waals surface area contributed by atoms with Gasteiger partial charge in [0.25, 0.3) is 0 Å². The number of hydrogen-bond acceptors (Lipinski definition) is 3. The molecule has 0 heterocycles. The van der Waals surface area contributed by atoms with Crippen LogP contribution in [-0.4, -0.2) is 28.7 Å². The van der Waals surface area contributed by atoms with Crippen LogP contribution in [0.2, 0.25) is 0 Å². The summed E-state index contributed by atoms with van der Waals surface area (Å²) < 4.78 is 0. The number of carbonyl (C=O) groups is 1. The van der Waals surface area contributed by atoms with Gasteiger partial charge in [0.15, 0.2) is 0 Å². The molecule has 4 nitrogen and oxygen atoms in total. The summed E-state index contributed by atoms with van der Waals surface area (Å²) in [6.07, 6.45) is 11.0. The Morgan fingerprint density at radius 2 is 1.53 bits per heavy atom. The number of nitrogens with one attached hydrogen (secondary N) is 1. The van der Waals surface area contributed by atoms with Crippen LogP contribution in [0.5, 0.6) is 0 Å². The highest BCUT2D eigenvalue weighted by Crippen LogP contribution is 2.31. The Kier molecular flexibility index (Phi) is 4.85. The van der Waals surface area contributed by atoms with Gasteiger partial charge in [0.1, 0.15) is 0 Å². The number of amides is 1. The van der Waals surface area contributed by atoms with Crippen LogP contribution in [0.25, 0.3) is 0 Å². The molecular formula is C15H28N2O2. The predicted octanol–water partition coefficient (Wildman–Crippen LogP) is 1.85. The maximum atomic E-state index is 12.2. The Balaban J connectivity index is 1.88. The summed E-state index contributed by atoms with van der Waals surface area (Å²) in [5.74, 6) is 0.0281. The average molecular weight is 268 g/mol. The summed E-state index contributed by atoms with van der Waals surface area (Å²) in [6.45, 7) is 0.0519. The third kappa shape index (κ3) is 3.93. The lowest BCUT2D eigenvalue weighted by Crippen LogP contribution is -2.55. The van der Waals surface area contributed by atoms with Crippen molar-refractivity contribution in [1.82, 2.24) is 5.32 Å². The molecule has 2 fully saturated rings. The SMILES string of the molecule is NC1(CC(=O)NC2(CO)CCCCC2)CCCCC1. The number of nitrogens with two attached hydrogens (primary N) is 1. The van der Waals surface area contributed by atoms with Crippen LogP contribution in [0.4, 0.5) is 0 Å². The Labute approximate surface area is 116 Å². The fourth-order valence-corrected chi connectivity index (χ4v) is 3.64. The van der Waals surface area contributed by atoms with Gasteiger partial charge in [-0.15, -0.1) is 0 Å². The topological polar surface area (TPSA) is 75.4 Å². The molecule has 0 aromatic rings. The summed E-state index contributed by atoms with van der Waals surface area (Å²) in [5.41, 5.74) is 5.64. The normalized spacial score (nSPS) is 25.8. The standard InChI is InChI=1S/C15H28N2O2/c16-14(7-3-1-4-8-14)11-13(19)17-15(12-18)9-5-2-6-10-15/h18H,1-12,16H2,(H,17,19). The minimum absolute atomic E-state index is 0.0281. The largest absolute Gasteiger partial charge is 0.394 e. The maximum absolute atomic E-state index is 12.2. The smallest absolute Gasteiger partial charge is 0.222 e. The third-order valence-electron chi connectivity index (χ3n) is 4.88. The van der Waals surface area contributed by atoms with E-state index in [2.05, 4.69) is 5.32 Å². The fourth-order valence-electron chi connectivity index (χ4n) is 3.64. The molecule has 4 N–H and O–H groups in total. The second kappa shape index (κ2) is 6.23. The van der Waals surface area contributed by atoms with Gasteiger partial charge in [-0.1, -0.05) is 38.5 Å². The van der Waals surface area contributed by atoms with Crippen molar-refractivity contribution in [3.63, 3.8) is 0 Å². The van der Waals surface area contributed by atoms with Crippen LogP contribution >= 0.6 is 0 Å². The zero-order valence-electron chi connectivity index (χ0n) is 11.9. The van der Waals surface area contributed by atoms with Gasteiger partial charge < -0.3 is 16.2 Å². The number of aliphatic hydroxyl groups excluding tert-OH is 1. The van der Waals surface area contributed by atoms with Gasteiger partial charge in [0, 0.05) is 12.0 Å². The van der Waals surface area contributed by atoms with Gasteiger partial charge in [-0.25, -0.2) is 0 Å². The van der Waals surface area contributed by atoms with E-state index in [1.165, 1.54) is 12.8 Å². The summed E-state index contributed by atoms with van der Waals surface area (Å²) in [6, 6.07) is 0. The van der Waals surface area contributed by atoms with Crippen molar-refractivity contribution in [1.29, 1.82) is 0 Å². The molecule has 2 rings (SSSR count). The fraction of sp³-hybridized carbons (Fsp3) is 0.933. The average Bonchev–Trinajstić information content (AvgIpc) is 2.39. The van der Waals surface area contributed by atoms with Crippen LogP contribution in [0.1, 0.15) is 70.6 Å². The molecule has 2 aliphatic carbocycles. The number of rotatable bonds is 4. The van der Waals surface area contributed by atoms with E-state index in [0.717, 1.165) is 51.4 Å². The van der Waals surface area contributed by atoms with E-state index in [1.54, 1.807) is 0 Å². The highest BCUT2D eigenvalue weighted by atomic mass is 16.3. The number of carbonyl (C=O) groups excluding carboxylic acids is 1. The van der Waals surface area contributed by atoms with Crippen molar-refractivity contribution < 1.29 is 9.90 Å². The van der Waals surface area contributed by atoms with E-state index < -0.39 is 0 Å². The maximum Gasteiger partial charge on any atom is 0.222 e. The molecule has 0 aromatic heterocycles. The molecule has 0 bridgehead atoms. The second-order valence-electron chi connectivity index (χ2n) is 6.65. The molecule has 0 atom stereocenters. The van der Waals surface area contributed by atoms with E-state index in [4.69, 9.17) is 5.73 Å². The van der Waals surface area contributed by atoms with E-state index in [1.807, 2.05) is 0 Å². The van der Waals surface area contributed by atoms with Gasteiger partial charge in [0.2, 0.25) is 5.91 Å². The van der Waals surface area contributed by atoms with Crippen LogP contribution < -0.4 is 11.1 Å². The molecule has 0 spiro atoms. The van der Waals surface area contributed by atoms with Gasteiger partial charge in [-0.3, -0.25) is 4.79 Å². The third-order valence-corrected chi connectivity index (χ3v) is 4.88. The highest BCUT2D eigenvalue weighted by molar-refractivity contribution is 5.78. The molecule has 0 aromatic carbocycles. The second-order valence-corrected chi connectivity index (χ2v) is 6.65. The van der Waals surface area contributed by atoms with Crippen molar-refractivity contribution in [3.8, 4) is 0 Å². The van der Waals surface area contributed by atoms with E-state index in [-0.39, 0.29) is 23.6 Å². The molecule has 0 saturated heterocycles. The zero-order valence-corrected chi connectivity index (χ0v) is 11.9. The lowest BCUT2D eigenvalue weighted by atomic mass is 9.79. The van der Waals surface area contributed by atoms with Crippen molar-refractivity contribution in [2.45, 2.75) is 81.7 Å². The minimum Gasteiger partial charge on any atom is -0.394 e. The van der Waals surface area contributed by atoms with Crippen molar-refractivity contribution >= 4 is 5.91 Å². The highest BCUT2D eigenvalue weighted by Gasteiger charge is 2.36. The predicted molar refractivity (Wildman–Crippen MR) is 75.7 cm³/mol. The van der Waals surface area contributed by atoms with Crippen LogP contribution in [0, 0.1) is 0 Å². The van der Waals surface area contributed by atoms with Crippen molar-refractivity contribution in [2.75, 3.05) is 6.61 Å². The van der Waals surface area contributed by atoms with Crippen LogP contribution in [-0.2, 0) is 4.79 Å². The monoisotopic (exact) mass is 268 g/mol. The zero-order chi connectivity index (χ0) is 13.8. The summed E-state index contributed by atoms with van der Waals surface area (Å²) in [7, 11) is 0. The minimum atomic E-state index is -0.375. The number of aliphatic hydroxyl groups is 1. The van der Waals surface area contributed by atoms with E-state index in [0.29, 0.717) is 6.42 Å². The molecular weight excluding hydrogens is 240 g/mol. The molecule has 19 heavy (non-hydrogen) atoms. The first-order valence-electron chi connectivity index (χ1n) is 7.78. The van der Waals surface area contributed by atoms with Crippen molar-refractivity contribution in [3.05, 3.63) is 0 Å². The van der Waals surface area contributed by atoms with E-state index >= 15 is 0 Å². The molecule has 2 saturated carbocycles. The number of hydrogen-bond donors (Lipinski definition) is 3. The van der Waals surface area contributed by atoms with Gasteiger partial charge in [-0.05, 0) is 25.7 Å². The Hall–Kier alpha value is -0.610. The first kappa shape index (κ1) is 14.8. The Morgan fingerprint density at radius 3 is 2.05 bits per heavy atom. The molecule has 1 amide bonds.